The van der Waals surface area contributed by atoms with Crippen LogP contribution in [0.1, 0.15) is 16.8 Å². The van der Waals surface area contributed by atoms with E-state index in [0.717, 1.165) is 22.5 Å². The molecule has 2 aromatic heterocycles. The third-order valence-corrected chi connectivity index (χ3v) is 3.75. The summed E-state index contributed by atoms with van der Waals surface area (Å²) in [5, 5.41) is 3.43. The Labute approximate surface area is 133 Å². The third kappa shape index (κ3) is 2.97. The zero-order chi connectivity index (χ0) is 15.7. The van der Waals surface area contributed by atoms with Gasteiger partial charge >= 0.3 is 0 Å². The van der Waals surface area contributed by atoms with E-state index in [0.29, 0.717) is 10.7 Å². The van der Waals surface area contributed by atoms with Gasteiger partial charge in [0.1, 0.15) is 5.65 Å². The molecule has 112 valence electrons. The Balaban J connectivity index is 1.78. The maximum absolute atomic E-state index is 12.2. The standard InChI is InChI=1S/C17H16ClN3O/c1-11-7-12(2)17(14(18)8-11)20-16(22)9-13-10-21-6-4-3-5-15(21)19-13/h3-8,10H,9H2,1-2H3,(H,20,22). The molecule has 0 radical (unpaired) electrons. The number of fused-ring (bicyclic) bond motifs is 1. The smallest absolute Gasteiger partial charge is 0.230 e. The molecule has 2 heterocycles. The lowest BCUT2D eigenvalue weighted by Crippen LogP contribution is -2.15. The number of aryl methyl sites for hydroxylation is 2. The zero-order valence-corrected chi connectivity index (χ0v) is 13.2. The van der Waals surface area contributed by atoms with Gasteiger partial charge < -0.3 is 9.72 Å². The van der Waals surface area contributed by atoms with Gasteiger partial charge in [0.05, 0.1) is 22.8 Å². The maximum Gasteiger partial charge on any atom is 0.230 e. The fourth-order valence-electron chi connectivity index (χ4n) is 2.49. The second-order valence-corrected chi connectivity index (χ2v) is 5.77. The van der Waals surface area contributed by atoms with E-state index in [1.807, 2.05) is 61.0 Å². The second-order valence-electron chi connectivity index (χ2n) is 5.36. The van der Waals surface area contributed by atoms with Crippen molar-refractivity contribution in [1.29, 1.82) is 0 Å². The quantitative estimate of drug-likeness (QED) is 0.799. The molecule has 0 saturated carbocycles. The topological polar surface area (TPSA) is 46.4 Å². The number of imidazole rings is 1. The average Bonchev–Trinajstić information content (AvgIpc) is 2.84. The molecule has 0 aliphatic carbocycles. The molecule has 0 spiro atoms. The van der Waals surface area contributed by atoms with Crippen molar-refractivity contribution < 1.29 is 4.79 Å². The predicted octanol–water partition coefficient (Wildman–Crippen LogP) is 3.79. The monoisotopic (exact) mass is 313 g/mol. The molecule has 1 amide bonds. The summed E-state index contributed by atoms with van der Waals surface area (Å²) in [6.45, 7) is 3.90. The summed E-state index contributed by atoms with van der Waals surface area (Å²) < 4.78 is 1.90. The van der Waals surface area contributed by atoms with Gasteiger partial charge in [-0.25, -0.2) is 4.98 Å². The molecule has 0 bridgehead atoms. The average molecular weight is 314 g/mol. The Morgan fingerprint density at radius 3 is 2.86 bits per heavy atom. The summed E-state index contributed by atoms with van der Waals surface area (Å²) in [5.74, 6) is -0.128. The van der Waals surface area contributed by atoms with Crippen molar-refractivity contribution in [2.45, 2.75) is 20.3 Å². The van der Waals surface area contributed by atoms with E-state index >= 15 is 0 Å². The van der Waals surface area contributed by atoms with Gasteiger partial charge in [0.2, 0.25) is 5.91 Å². The third-order valence-electron chi connectivity index (χ3n) is 3.45. The number of hydrogen-bond donors (Lipinski definition) is 1. The number of halogens is 1. The van der Waals surface area contributed by atoms with Gasteiger partial charge in [0, 0.05) is 12.4 Å². The Kier molecular flexibility index (Phi) is 3.86. The van der Waals surface area contributed by atoms with Gasteiger partial charge in [0.15, 0.2) is 0 Å². The molecule has 3 aromatic rings. The van der Waals surface area contributed by atoms with Crippen molar-refractivity contribution in [3.8, 4) is 0 Å². The molecule has 1 aromatic carbocycles. The van der Waals surface area contributed by atoms with Crippen LogP contribution in [0.4, 0.5) is 5.69 Å². The van der Waals surface area contributed by atoms with Crippen LogP contribution in [0, 0.1) is 13.8 Å². The normalized spacial score (nSPS) is 10.9. The minimum Gasteiger partial charge on any atom is -0.324 e. The summed E-state index contributed by atoms with van der Waals surface area (Å²) >= 11 is 6.21. The van der Waals surface area contributed by atoms with Crippen LogP contribution in [0.15, 0.2) is 42.7 Å². The summed E-state index contributed by atoms with van der Waals surface area (Å²) in [6.07, 6.45) is 3.98. The number of nitrogens with one attached hydrogen (secondary N) is 1. The van der Waals surface area contributed by atoms with Crippen LogP contribution in [0.5, 0.6) is 0 Å². The van der Waals surface area contributed by atoms with Gasteiger partial charge in [-0.15, -0.1) is 0 Å². The van der Waals surface area contributed by atoms with Crippen molar-refractivity contribution in [3.63, 3.8) is 0 Å². The number of benzene rings is 1. The highest BCUT2D eigenvalue weighted by molar-refractivity contribution is 6.34. The number of carbonyl (C=O) groups excluding carboxylic acids is 1. The zero-order valence-electron chi connectivity index (χ0n) is 12.4. The first kappa shape index (κ1) is 14.6. The number of amides is 1. The molecule has 0 atom stereocenters. The second kappa shape index (κ2) is 5.81. The molecule has 22 heavy (non-hydrogen) atoms. The fourth-order valence-corrected chi connectivity index (χ4v) is 2.86. The van der Waals surface area contributed by atoms with Crippen molar-refractivity contribution >= 4 is 28.8 Å². The summed E-state index contributed by atoms with van der Waals surface area (Å²) in [5.41, 5.74) is 4.25. The number of aromatic nitrogens is 2. The van der Waals surface area contributed by atoms with Crippen LogP contribution in [0.25, 0.3) is 5.65 Å². The first-order chi connectivity index (χ1) is 10.5. The minimum absolute atomic E-state index is 0.128. The Morgan fingerprint density at radius 2 is 2.14 bits per heavy atom. The number of carbonyl (C=O) groups is 1. The minimum atomic E-state index is -0.128. The van der Waals surface area contributed by atoms with E-state index in [4.69, 9.17) is 11.6 Å². The first-order valence-corrected chi connectivity index (χ1v) is 7.40. The van der Waals surface area contributed by atoms with Crippen LogP contribution in [0.3, 0.4) is 0 Å². The van der Waals surface area contributed by atoms with Crippen molar-refractivity contribution in [2.24, 2.45) is 0 Å². The molecular weight excluding hydrogens is 298 g/mol. The van der Waals surface area contributed by atoms with E-state index in [-0.39, 0.29) is 12.3 Å². The van der Waals surface area contributed by atoms with Gasteiger partial charge in [-0.1, -0.05) is 23.7 Å². The van der Waals surface area contributed by atoms with E-state index < -0.39 is 0 Å². The number of anilines is 1. The largest absolute Gasteiger partial charge is 0.324 e. The van der Waals surface area contributed by atoms with Crippen LogP contribution < -0.4 is 5.32 Å². The van der Waals surface area contributed by atoms with Gasteiger partial charge in [-0.2, -0.15) is 0 Å². The van der Waals surface area contributed by atoms with Crippen LogP contribution >= 0.6 is 11.6 Å². The highest BCUT2D eigenvalue weighted by Gasteiger charge is 2.12. The van der Waals surface area contributed by atoms with Gasteiger partial charge in [0.25, 0.3) is 0 Å². The first-order valence-electron chi connectivity index (χ1n) is 7.02. The molecule has 0 aliphatic heterocycles. The molecular formula is C17H16ClN3O. The molecule has 0 unspecified atom stereocenters. The maximum atomic E-state index is 12.2. The molecule has 5 heteroatoms. The van der Waals surface area contributed by atoms with E-state index in [1.54, 1.807) is 0 Å². The Hall–Kier alpha value is -2.33. The van der Waals surface area contributed by atoms with Crippen molar-refractivity contribution in [1.82, 2.24) is 9.38 Å². The highest BCUT2D eigenvalue weighted by Crippen LogP contribution is 2.27. The van der Waals surface area contributed by atoms with E-state index in [1.165, 1.54) is 0 Å². The lowest BCUT2D eigenvalue weighted by atomic mass is 10.1. The number of rotatable bonds is 3. The van der Waals surface area contributed by atoms with E-state index in [2.05, 4.69) is 10.3 Å². The lowest BCUT2D eigenvalue weighted by Gasteiger charge is -2.11. The van der Waals surface area contributed by atoms with Crippen LogP contribution in [-0.4, -0.2) is 15.3 Å². The van der Waals surface area contributed by atoms with E-state index in [9.17, 15) is 4.79 Å². The predicted molar refractivity (Wildman–Crippen MR) is 88.5 cm³/mol. The van der Waals surface area contributed by atoms with Crippen LogP contribution in [0.2, 0.25) is 5.02 Å². The molecule has 0 fully saturated rings. The highest BCUT2D eigenvalue weighted by atomic mass is 35.5. The Bertz CT molecular complexity index is 798. The van der Waals surface area contributed by atoms with Crippen LogP contribution in [-0.2, 0) is 11.2 Å². The van der Waals surface area contributed by atoms with Gasteiger partial charge in [-0.3, -0.25) is 4.79 Å². The molecule has 4 nitrogen and oxygen atoms in total. The van der Waals surface area contributed by atoms with Gasteiger partial charge in [-0.05, 0) is 43.2 Å². The van der Waals surface area contributed by atoms with Crippen molar-refractivity contribution in [3.05, 3.63) is 64.6 Å². The Morgan fingerprint density at radius 1 is 1.32 bits per heavy atom. The molecule has 0 aliphatic rings. The summed E-state index contributed by atoms with van der Waals surface area (Å²) in [7, 11) is 0. The fraction of sp³-hybridized carbons (Fsp3) is 0.176. The molecule has 1 N–H and O–H groups in total. The molecule has 3 rings (SSSR count). The number of nitrogens with zero attached hydrogens (tertiary/aromatic N) is 2. The van der Waals surface area contributed by atoms with Crippen molar-refractivity contribution in [2.75, 3.05) is 5.32 Å². The SMILES string of the molecule is Cc1cc(C)c(NC(=O)Cc2cn3ccccc3n2)c(Cl)c1. The molecule has 0 saturated heterocycles. The summed E-state index contributed by atoms with van der Waals surface area (Å²) in [4.78, 5) is 16.7. The summed E-state index contributed by atoms with van der Waals surface area (Å²) in [6, 6.07) is 9.58. The number of pyridine rings is 1. The lowest BCUT2D eigenvalue weighted by molar-refractivity contribution is -0.115. The number of hydrogen-bond acceptors (Lipinski definition) is 2.